The number of carbonyl (C=O) groups is 1. The molecule has 0 radical (unpaired) electrons. The Kier molecular flexibility index (Phi) is 4.24. The van der Waals surface area contributed by atoms with Gasteiger partial charge in [-0.05, 0) is 35.9 Å². The summed E-state index contributed by atoms with van der Waals surface area (Å²) >= 11 is 1.26. The molecule has 0 aliphatic rings. The molecule has 0 spiro atoms. The lowest BCUT2D eigenvalue weighted by molar-refractivity contribution is 0.0692. The molecule has 0 bridgehead atoms. The normalized spacial score (nSPS) is 10.5. The molecule has 0 saturated heterocycles. The molecule has 0 heterocycles. The number of benzene rings is 2. The average Bonchev–Trinajstić information content (AvgIpc) is 2.39. The fraction of sp³-hybridized carbons (Fsp3) is 0.0714. The van der Waals surface area contributed by atoms with Crippen molar-refractivity contribution in [2.45, 2.75) is 10.6 Å². The van der Waals surface area contributed by atoms with Crippen molar-refractivity contribution in [2.75, 3.05) is 5.73 Å². The zero-order valence-electron chi connectivity index (χ0n) is 10.3. The first-order chi connectivity index (χ1) is 9.47. The summed E-state index contributed by atoms with van der Waals surface area (Å²) < 4.78 is 26.6. The molecular formula is C14H11F2NO2S. The van der Waals surface area contributed by atoms with Gasteiger partial charge in [0.05, 0.1) is 5.56 Å². The highest BCUT2D eigenvalue weighted by atomic mass is 32.2. The van der Waals surface area contributed by atoms with E-state index in [0.29, 0.717) is 21.9 Å². The number of carboxylic acids is 1. The first-order valence-corrected chi connectivity index (χ1v) is 6.65. The molecule has 6 heteroatoms. The number of anilines is 1. The van der Waals surface area contributed by atoms with Crippen molar-refractivity contribution in [3.63, 3.8) is 0 Å². The third-order valence-electron chi connectivity index (χ3n) is 2.63. The van der Waals surface area contributed by atoms with Gasteiger partial charge in [0.2, 0.25) is 0 Å². The van der Waals surface area contributed by atoms with E-state index in [-0.39, 0.29) is 5.56 Å². The van der Waals surface area contributed by atoms with E-state index in [1.807, 2.05) is 0 Å². The number of halogens is 2. The summed E-state index contributed by atoms with van der Waals surface area (Å²) in [6.45, 7) is 0. The molecule has 3 nitrogen and oxygen atoms in total. The lowest BCUT2D eigenvalue weighted by Gasteiger charge is -2.06. The SMILES string of the molecule is Nc1ccc(F)cc1SCc1ccc(C(=O)O)c(F)c1. The standard InChI is InChI=1S/C14H11F2NO2S/c15-9-2-4-12(17)13(6-9)20-7-8-1-3-10(14(18)19)11(16)5-8/h1-6H,7,17H2,(H,18,19). The van der Waals surface area contributed by atoms with Crippen molar-refractivity contribution >= 4 is 23.4 Å². The van der Waals surface area contributed by atoms with Crippen LogP contribution < -0.4 is 5.73 Å². The van der Waals surface area contributed by atoms with Gasteiger partial charge in [-0.1, -0.05) is 6.07 Å². The van der Waals surface area contributed by atoms with Crippen LogP contribution in [0.1, 0.15) is 15.9 Å². The highest BCUT2D eigenvalue weighted by Crippen LogP contribution is 2.29. The zero-order chi connectivity index (χ0) is 14.7. The molecular weight excluding hydrogens is 284 g/mol. The maximum atomic E-state index is 13.5. The van der Waals surface area contributed by atoms with Crippen LogP contribution in [0.25, 0.3) is 0 Å². The summed E-state index contributed by atoms with van der Waals surface area (Å²) in [5, 5.41) is 8.73. The Morgan fingerprint density at radius 2 is 1.95 bits per heavy atom. The summed E-state index contributed by atoms with van der Waals surface area (Å²) in [6, 6.07) is 7.93. The Hall–Kier alpha value is -2.08. The van der Waals surface area contributed by atoms with E-state index in [9.17, 15) is 13.6 Å². The van der Waals surface area contributed by atoms with E-state index in [4.69, 9.17) is 10.8 Å². The Morgan fingerprint density at radius 1 is 1.20 bits per heavy atom. The quantitative estimate of drug-likeness (QED) is 0.669. The minimum atomic E-state index is -1.31. The van der Waals surface area contributed by atoms with Crippen LogP contribution in [0.2, 0.25) is 0 Å². The van der Waals surface area contributed by atoms with Crippen LogP contribution >= 0.6 is 11.8 Å². The highest BCUT2D eigenvalue weighted by Gasteiger charge is 2.11. The Balaban J connectivity index is 2.13. The maximum absolute atomic E-state index is 13.5. The topological polar surface area (TPSA) is 63.3 Å². The van der Waals surface area contributed by atoms with Gasteiger partial charge < -0.3 is 10.8 Å². The molecule has 0 amide bonds. The molecule has 0 aliphatic carbocycles. The average molecular weight is 295 g/mol. The van der Waals surface area contributed by atoms with Gasteiger partial charge in [0.25, 0.3) is 0 Å². The number of hydrogen-bond donors (Lipinski definition) is 2. The molecule has 0 aliphatic heterocycles. The van der Waals surface area contributed by atoms with E-state index in [1.54, 1.807) is 0 Å². The fourth-order valence-corrected chi connectivity index (χ4v) is 2.55. The summed E-state index contributed by atoms with van der Waals surface area (Å²) in [5.41, 5.74) is 6.38. The van der Waals surface area contributed by atoms with Crippen LogP contribution in [-0.2, 0) is 5.75 Å². The number of nitrogen functional groups attached to an aromatic ring is 1. The Morgan fingerprint density at radius 3 is 2.60 bits per heavy atom. The van der Waals surface area contributed by atoms with E-state index >= 15 is 0 Å². The lowest BCUT2D eigenvalue weighted by Crippen LogP contribution is -2.00. The van der Waals surface area contributed by atoms with Crippen LogP contribution in [-0.4, -0.2) is 11.1 Å². The van der Waals surface area contributed by atoms with Gasteiger partial charge in [-0.2, -0.15) is 0 Å². The van der Waals surface area contributed by atoms with Gasteiger partial charge in [-0.15, -0.1) is 11.8 Å². The third kappa shape index (κ3) is 3.27. The largest absolute Gasteiger partial charge is 0.478 e. The molecule has 0 aromatic heterocycles. The second-order valence-corrected chi connectivity index (χ2v) is 5.11. The molecule has 2 rings (SSSR count). The summed E-state index contributed by atoms with van der Waals surface area (Å²) in [5.74, 6) is -2.13. The molecule has 0 saturated carbocycles. The highest BCUT2D eigenvalue weighted by molar-refractivity contribution is 7.98. The molecule has 2 aromatic rings. The predicted octanol–water partition coefficient (Wildman–Crippen LogP) is 3.54. The van der Waals surface area contributed by atoms with Crippen LogP contribution in [0.15, 0.2) is 41.3 Å². The molecule has 2 aromatic carbocycles. The molecule has 0 unspecified atom stereocenters. The van der Waals surface area contributed by atoms with E-state index in [0.717, 1.165) is 6.07 Å². The summed E-state index contributed by atoms with van der Waals surface area (Å²) in [7, 11) is 0. The van der Waals surface area contributed by atoms with Gasteiger partial charge >= 0.3 is 5.97 Å². The first kappa shape index (κ1) is 14.3. The number of hydrogen-bond acceptors (Lipinski definition) is 3. The lowest BCUT2D eigenvalue weighted by atomic mass is 10.1. The fourth-order valence-electron chi connectivity index (χ4n) is 1.62. The van der Waals surface area contributed by atoms with Crippen LogP contribution in [0.5, 0.6) is 0 Å². The molecule has 3 N–H and O–H groups in total. The van der Waals surface area contributed by atoms with E-state index in [1.165, 1.54) is 42.1 Å². The predicted molar refractivity (Wildman–Crippen MR) is 73.7 cm³/mol. The first-order valence-electron chi connectivity index (χ1n) is 5.67. The van der Waals surface area contributed by atoms with Crippen molar-refractivity contribution in [3.8, 4) is 0 Å². The van der Waals surface area contributed by atoms with Gasteiger partial charge in [-0.25, -0.2) is 13.6 Å². The number of rotatable bonds is 4. The second kappa shape index (κ2) is 5.92. The van der Waals surface area contributed by atoms with Crippen LogP contribution in [0.3, 0.4) is 0 Å². The molecule has 0 atom stereocenters. The van der Waals surface area contributed by atoms with Gasteiger partial charge in [0.15, 0.2) is 0 Å². The summed E-state index contributed by atoms with van der Waals surface area (Å²) in [4.78, 5) is 11.3. The van der Waals surface area contributed by atoms with Gasteiger partial charge in [0, 0.05) is 16.3 Å². The second-order valence-electron chi connectivity index (χ2n) is 4.09. The number of carboxylic acid groups (broad SMARTS) is 1. The summed E-state index contributed by atoms with van der Waals surface area (Å²) in [6.07, 6.45) is 0. The van der Waals surface area contributed by atoms with E-state index < -0.39 is 17.6 Å². The van der Waals surface area contributed by atoms with Crippen molar-refractivity contribution < 1.29 is 18.7 Å². The maximum Gasteiger partial charge on any atom is 0.338 e. The van der Waals surface area contributed by atoms with Crippen molar-refractivity contribution in [3.05, 3.63) is 59.2 Å². The third-order valence-corrected chi connectivity index (χ3v) is 3.78. The van der Waals surface area contributed by atoms with Crippen LogP contribution in [0, 0.1) is 11.6 Å². The monoisotopic (exact) mass is 295 g/mol. The number of aromatic carboxylic acids is 1. The minimum absolute atomic E-state index is 0.366. The molecule has 0 fully saturated rings. The van der Waals surface area contributed by atoms with Crippen LogP contribution in [0.4, 0.5) is 14.5 Å². The zero-order valence-corrected chi connectivity index (χ0v) is 11.1. The molecule has 104 valence electrons. The number of thioether (sulfide) groups is 1. The van der Waals surface area contributed by atoms with Crippen molar-refractivity contribution in [1.82, 2.24) is 0 Å². The molecule has 20 heavy (non-hydrogen) atoms. The smallest absolute Gasteiger partial charge is 0.338 e. The Bertz CT molecular complexity index is 662. The Labute approximate surface area is 118 Å². The van der Waals surface area contributed by atoms with E-state index in [2.05, 4.69) is 0 Å². The van der Waals surface area contributed by atoms with Crippen molar-refractivity contribution in [2.24, 2.45) is 0 Å². The van der Waals surface area contributed by atoms with Gasteiger partial charge in [-0.3, -0.25) is 0 Å². The number of nitrogens with two attached hydrogens (primary N) is 1. The van der Waals surface area contributed by atoms with Crippen molar-refractivity contribution in [1.29, 1.82) is 0 Å². The van der Waals surface area contributed by atoms with Gasteiger partial charge in [0.1, 0.15) is 11.6 Å². The minimum Gasteiger partial charge on any atom is -0.478 e.